The van der Waals surface area contributed by atoms with Gasteiger partial charge in [0, 0.05) is 17.9 Å². The summed E-state index contributed by atoms with van der Waals surface area (Å²) in [6.45, 7) is 1.49. The van der Waals surface area contributed by atoms with Crippen LogP contribution in [0.5, 0.6) is 0 Å². The van der Waals surface area contributed by atoms with Gasteiger partial charge in [-0.25, -0.2) is 13.6 Å². The molecule has 0 unspecified atom stereocenters. The van der Waals surface area contributed by atoms with E-state index in [0.29, 0.717) is 6.07 Å². The maximum atomic E-state index is 13.0. The lowest BCUT2D eigenvalue weighted by atomic mass is 9.98. The van der Waals surface area contributed by atoms with E-state index in [1.807, 2.05) is 6.07 Å². The Labute approximate surface area is 113 Å². The first-order valence-electron chi connectivity index (χ1n) is 5.72. The highest BCUT2D eigenvalue weighted by Gasteiger charge is 2.27. The Balaban J connectivity index is 2.88. The lowest BCUT2D eigenvalue weighted by molar-refractivity contribution is -0.140. The summed E-state index contributed by atoms with van der Waals surface area (Å²) in [4.78, 5) is 22.8. The number of carbonyl (C=O) groups excluding carboxylic acids is 1. The molecule has 0 spiro atoms. The highest BCUT2D eigenvalue weighted by Crippen LogP contribution is 2.12. The normalized spacial score (nSPS) is 13.1. The Morgan fingerprint density at radius 3 is 2.55 bits per heavy atom. The summed E-state index contributed by atoms with van der Waals surface area (Å²) in [5, 5.41) is 19.7. The molecule has 0 saturated carbocycles. The Morgan fingerprint density at radius 1 is 1.40 bits per heavy atom. The van der Waals surface area contributed by atoms with Gasteiger partial charge in [-0.05, 0) is 18.2 Å². The second-order valence-electron chi connectivity index (χ2n) is 4.26. The summed E-state index contributed by atoms with van der Waals surface area (Å²) in [7, 11) is 0. The third-order valence-electron chi connectivity index (χ3n) is 2.72. The molecule has 7 heteroatoms. The highest BCUT2D eigenvalue weighted by molar-refractivity contribution is 5.96. The topological polar surface area (TPSA) is 90.2 Å². The van der Waals surface area contributed by atoms with E-state index in [4.69, 9.17) is 10.4 Å². The molecule has 5 nitrogen and oxygen atoms in total. The van der Waals surface area contributed by atoms with Crippen molar-refractivity contribution in [2.45, 2.75) is 19.4 Å². The van der Waals surface area contributed by atoms with E-state index in [0.717, 1.165) is 12.1 Å². The molecule has 0 fully saturated rings. The molecule has 1 aromatic rings. The van der Waals surface area contributed by atoms with Crippen molar-refractivity contribution in [3.63, 3.8) is 0 Å². The number of nitrogens with zero attached hydrogens (tertiary/aromatic N) is 1. The van der Waals surface area contributed by atoms with Gasteiger partial charge in [0.15, 0.2) is 11.6 Å². The number of hydrogen-bond donors (Lipinski definition) is 2. The number of nitrogens with one attached hydrogen (secondary N) is 1. The van der Waals surface area contributed by atoms with Crippen LogP contribution in [0.15, 0.2) is 18.2 Å². The van der Waals surface area contributed by atoms with Crippen LogP contribution in [0, 0.1) is 28.9 Å². The smallest absolute Gasteiger partial charge is 0.326 e. The lowest BCUT2D eigenvalue weighted by Crippen LogP contribution is -2.45. The number of carbonyl (C=O) groups is 2. The fourth-order valence-electron chi connectivity index (χ4n) is 1.57. The molecule has 20 heavy (non-hydrogen) atoms. The minimum absolute atomic E-state index is 0.0605. The Morgan fingerprint density at radius 2 is 2.05 bits per heavy atom. The van der Waals surface area contributed by atoms with Gasteiger partial charge in [-0.3, -0.25) is 4.79 Å². The predicted octanol–water partition coefficient (Wildman–Crippen LogP) is 1.70. The van der Waals surface area contributed by atoms with E-state index < -0.39 is 35.5 Å². The third kappa shape index (κ3) is 3.75. The molecule has 0 radical (unpaired) electrons. The van der Waals surface area contributed by atoms with E-state index >= 15 is 0 Å². The molecule has 1 aromatic carbocycles. The van der Waals surface area contributed by atoms with Gasteiger partial charge < -0.3 is 10.4 Å². The van der Waals surface area contributed by atoms with Crippen LogP contribution in [-0.2, 0) is 4.79 Å². The third-order valence-corrected chi connectivity index (χ3v) is 2.72. The molecule has 106 valence electrons. The summed E-state index contributed by atoms with van der Waals surface area (Å²) in [6.07, 6.45) is -0.0605. The second kappa shape index (κ2) is 6.61. The molecule has 1 amide bonds. The van der Waals surface area contributed by atoms with Crippen LogP contribution in [0.3, 0.4) is 0 Å². The zero-order valence-electron chi connectivity index (χ0n) is 10.6. The quantitative estimate of drug-likeness (QED) is 0.860. The first-order chi connectivity index (χ1) is 9.36. The Kier molecular flexibility index (Phi) is 5.15. The van der Waals surface area contributed by atoms with Crippen molar-refractivity contribution in [1.82, 2.24) is 5.32 Å². The van der Waals surface area contributed by atoms with Gasteiger partial charge >= 0.3 is 5.97 Å². The van der Waals surface area contributed by atoms with Crippen molar-refractivity contribution in [3.8, 4) is 6.07 Å². The van der Waals surface area contributed by atoms with E-state index in [1.165, 1.54) is 6.92 Å². The molecular formula is C13H12F2N2O3. The van der Waals surface area contributed by atoms with Crippen molar-refractivity contribution >= 4 is 11.9 Å². The van der Waals surface area contributed by atoms with Gasteiger partial charge in [-0.1, -0.05) is 6.92 Å². The monoisotopic (exact) mass is 282 g/mol. The molecular weight excluding hydrogens is 270 g/mol. The zero-order valence-corrected chi connectivity index (χ0v) is 10.6. The van der Waals surface area contributed by atoms with Crippen molar-refractivity contribution in [2.24, 2.45) is 5.92 Å². The highest BCUT2D eigenvalue weighted by atomic mass is 19.2. The average molecular weight is 282 g/mol. The summed E-state index contributed by atoms with van der Waals surface area (Å²) in [6, 6.07) is 3.02. The fourth-order valence-corrected chi connectivity index (χ4v) is 1.57. The number of aliphatic carboxylic acids is 1. The van der Waals surface area contributed by atoms with Crippen LogP contribution >= 0.6 is 0 Å². The van der Waals surface area contributed by atoms with Crippen LogP contribution in [-0.4, -0.2) is 23.0 Å². The van der Waals surface area contributed by atoms with Crippen LogP contribution in [0.25, 0.3) is 0 Å². The standard InChI is InChI=1S/C13H12F2N2O3/c1-7(4-5-16)11(13(19)20)17-12(18)8-2-3-9(14)10(15)6-8/h2-3,6-7,11H,4H2,1H3,(H,17,18)(H,19,20)/t7-,11+/m1/s1. The van der Waals surface area contributed by atoms with E-state index in [9.17, 15) is 18.4 Å². The summed E-state index contributed by atoms with van der Waals surface area (Å²) < 4.78 is 25.7. The fraction of sp³-hybridized carbons (Fsp3) is 0.308. The number of hydrogen-bond acceptors (Lipinski definition) is 3. The van der Waals surface area contributed by atoms with Crippen LogP contribution < -0.4 is 5.32 Å². The van der Waals surface area contributed by atoms with Crippen molar-refractivity contribution in [2.75, 3.05) is 0 Å². The minimum atomic E-state index is -1.30. The van der Waals surface area contributed by atoms with Gasteiger partial charge in [0.25, 0.3) is 5.91 Å². The maximum absolute atomic E-state index is 13.0. The predicted molar refractivity (Wildman–Crippen MR) is 64.6 cm³/mol. The van der Waals surface area contributed by atoms with Crippen molar-refractivity contribution in [1.29, 1.82) is 5.26 Å². The van der Waals surface area contributed by atoms with Crippen LogP contribution in [0.4, 0.5) is 8.78 Å². The lowest BCUT2D eigenvalue weighted by Gasteiger charge is -2.19. The molecule has 0 aliphatic heterocycles. The number of amides is 1. The van der Waals surface area contributed by atoms with Crippen LogP contribution in [0.2, 0.25) is 0 Å². The van der Waals surface area contributed by atoms with Crippen LogP contribution in [0.1, 0.15) is 23.7 Å². The Hall–Kier alpha value is -2.49. The molecule has 0 saturated heterocycles. The van der Waals surface area contributed by atoms with Gasteiger partial charge in [-0.15, -0.1) is 0 Å². The van der Waals surface area contributed by atoms with Gasteiger partial charge in [0.1, 0.15) is 6.04 Å². The van der Waals surface area contributed by atoms with Gasteiger partial charge in [-0.2, -0.15) is 5.26 Å². The molecule has 0 aliphatic carbocycles. The molecule has 2 atom stereocenters. The summed E-state index contributed by atoms with van der Waals surface area (Å²) in [5.41, 5.74) is -0.195. The molecule has 0 aromatic heterocycles. The molecule has 0 heterocycles. The number of rotatable bonds is 5. The zero-order chi connectivity index (χ0) is 15.3. The van der Waals surface area contributed by atoms with E-state index in [2.05, 4.69) is 5.32 Å². The van der Waals surface area contributed by atoms with E-state index in [1.54, 1.807) is 0 Å². The van der Waals surface area contributed by atoms with Gasteiger partial charge in [0.2, 0.25) is 0 Å². The number of benzene rings is 1. The summed E-state index contributed by atoms with van der Waals surface area (Å²) in [5.74, 6) is -5.07. The minimum Gasteiger partial charge on any atom is -0.480 e. The summed E-state index contributed by atoms with van der Waals surface area (Å²) >= 11 is 0. The van der Waals surface area contributed by atoms with Gasteiger partial charge in [0.05, 0.1) is 6.07 Å². The average Bonchev–Trinajstić information content (AvgIpc) is 2.38. The molecule has 1 rings (SSSR count). The number of carboxylic acid groups (broad SMARTS) is 1. The molecule has 2 N–H and O–H groups in total. The molecule has 0 aliphatic rings. The van der Waals surface area contributed by atoms with Crippen molar-refractivity contribution in [3.05, 3.63) is 35.4 Å². The second-order valence-corrected chi connectivity index (χ2v) is 4.26. The molecule has 0 bridgehead atoms. The number of carboxylic acids is 1. The number of nitriles is 1. The number of halogens is 2. The SMILES string of the molecule is C[C@H](CC#N)[C@H](NC(=O)c1ccc(F)c(F)c1)C(=O)O. The van der Waals surface area contributed by atoms with Crippen molar-refractivity contribution < 1.29 is 23.5 Å². The Bertz CT molecular complexity index is 569. The largest absolute Gasteiger partial charge is 0.480 e. The first-order valence-corrected chi connectivity index (χ1v) is 5.72. The van der Waals surface area contributed by atoms with E-state index in [-0.39, 0.29) is 12.0 Å². The maximum Gasteiger partial charge on any atom is 0.326 e. The first kappa shape index (κ1) is 15.6.